The van der Waals surface area contributed by atoms with Gasteiger partial charge in [0.05, 0.1) is 18.2 Å². The maximum Gasteiger partial charge on any atom is 0.180 e. The van der Waals surface area contributed by atoms with Gasteiger partial charge in [-0.2, -0.15) is 0 Å². The third kappa shape index (κ3) is 6.36. The summed E-state index contributed by atoms with van der Waals surface area (Å²) < 4.78 is 24.7. The Balaban J connectivity index is 0.00000312. The van der Waals surface area contributed by atoms with Crippen molar-refractivity contribution in [3.8, 4) is 11.5 Å². The van der Waals surface area contributed by atoms with Crippen molar-refractivity contribution in [3.05, 3.63) is 58.4 Å². The van der Waals surface area contributed by atoms with E-state index in [-0.39, 0.29) is 24.8 Å². The van der Waals surface area contributed by atoms with Crippen molar-refractivity contribution in [2.75, 3.05) is 13.7 Å². The van der Waals surface area contributed by atoms with Crippen LogP contribution in [-0.2, 0) is 13.2 Å². The summed E-state index contributed by atoms with van der Waals surface area (Å²) in [6.07, 6.45) is -0.425. The minimum atomic E-state index is -0.425. The highest BCUT2D eigenvalue weighted by Crippen LogP contribution is 2.37. The van der Waals surface area contributed by atoms with Gasteiger partial charge in [0.15, 0.2) is 11.5 Å². The van der Waals surface area contributed by atoms with Crippen LogP contribution in [0.2, 0.25) is 5.02 Å². The van der Waals surface area contributed by atoms with Crippen LogP contribution in [-0.4, -0.2) is 24.9 Å². The molecule has 2 N–H and O–H groups in total. The summed E-state index contributed by atoms with van der Waals surface area (Å²) in [6, 6.07) is 9.98. The van der Waals surface area contributed by atoms with Crippen molar-refractivity contribution in [1.82, 2.24) is 5.32 Å². The van der Waals surface area contributed by atoms with Crippen LogP contribution in [0.5, 0.6) is 11.5 Å². The molecule has 0 bridgehead atoms. The summed E-state index contributed by atoms with van der Waals surface area (Å²) >= 11 is 6.28. The predicted molar refractivity (Wildman–Crippen MR) is 99.4 cm³/mol. The molecule has 0 saturated heterocycles. The van der Waals surface area contributed by atoms with Crippen LogP contribution < -0.4 is 14.8 Å². The number of aliphatic hydroxyl groups excluding tert-OH is 1. The van der Waals surface area contributed by atoms with Crippen molar-refractivity contribution < 1.29 is 19.0 Å². The Hall–Kier alpha value is -1.53. The Labute approximate surface area is 158 Å². The lowest BCUT2D eigenvalue weighted by molar-refractivity contribution is 0.191. The first-order chi connectivity index (χ1) is 11.5. The summed E-state index contributed by atoms with van der Waals surface area (Å²) in [4.78, 5) is 0. The average molecular weight is 390 g/mol. The molecular weight excluding hydrogens is 368 g/mol. The average Bonchev–Trinajstić information content (AvgIpc) is 2.54. The van der Waals surface area contributed by atoms with E-state index in [4.69, 9.17) is 21.1 Å². The lowest BCUT2D eigenvalue weighted by Crippen LogP contribution is -2.23. The Bertz CT molecular complexity index is 683. The third-order valence-electron chi connectivity index (χ3n) is 3.39. The fraction of sp³-hybridized carbons (Fsp3) is 0.333. The molecule has 0 aliphatic rings. The highest BCUT2D eigenvalue weighted by molar-refractivity contribution is 6.32. The Morgan fingerprint density at radius 2 is 2.00 bits per heavy atom. The van der Waals surface area contributed by atoms with E-state index >= 15 is 0 Å². The fourth-order valence-electron chi connectivity index (χ4n) is 2.21. The van der Waals surface area contributed by atoms with Gasteiger partial charge in [0.1, 0.15) is 12.4 Å². The summed E-state index contributed by atoms with van der Waals surface area (Å²) in [5.41, 5.74) is 1.34. The van der Waals surface area contributed by atoms with E-state index in [0.717, 1.165) is 5.56 Å². The molecule has 7 heteroatoms. The van der Waals surface area contributed by atoms with Crippen LogP contribution in [0.1, 0.15) is 18.1 Å². The minimum absolute atomic E-state index is 0. The van der Waals surface area contributed by atoms with Gasteiger partial charge < -0.3 is 19.9 Å². The number of benzene rings is 2. The molecule has 0 fully saturated rings. The maximum absolute atomic E-state index is 13.7. The van der Waals surface area contributed by atoms with E-state index in [9.17, 15) is 9.50 Å². The largest absolute Gasteiger partial charge is 0.493 e. The van der Waals surface area contributed by atoms with Crippen molar-refractivity contribution in [2.45, 2.75) is 26.2 Å². The SMILES string of the molecule is COc1cc(CNCC(C)O)cc(Cl)c1OCc1ccccc1F.Cl. The molecule has 25 heavy (non-hydrogen) atoms. The zero-order valence-corrected chi connectivity index (χ0v) is 15.7. The first-order valence-electron chi connectivity index (χ1n) is 7.62. The van der Waals surface area contributed by atoms with Gasteiger partial charge in [0, 0.05) is 18.7 Å². The molecule has 2 aromatic rings. The van der Waals surface area contributed by atoms with Gasteiger partial charge in [-0.1, -0.05) is 29.8 Å². The molecule has 0 saturated carbocycles. The first-order valence-corrected chi connectivity index (χ1v) is 8.00. The molecule has 2 rings (SSSR count). The normalized spacial score (nSPS) is 11.6. The van der Waals surface area contributed by atoms with E-state index < -0.39 is 6.10 Å². The van der Waals surface area contributed by atoms with Gasteiger partial charge in [-0.25, -0.2) is 4.39 Å². The van der Waals surface area contributed by atoms with Crippen molar-refractivity contribution >= 4 is 24.0 Å². The fourth-order valence-corrected chi connectivity index (χ4v) is 2.49. The number of aliphatic hydroxyl groups is 1. The van der Waals surface area contributed by atoms with E-state index in [1.165, 1.54) is 13.2 Å². The van der Waals surface area contributed by atoms with E-state index in [1.54, 1.807) is 37.3 Å². The second kappa shape index (κ2) is 10.5. The van der Waals surface area contributed by atoms with Crippen LogP contribution >= 0.6 is 24.0 Å². The van der Waals surface area contributed by atoms with Gasteiger partial charge in [-0.3, -0.25) is 0 Å². The summed E-state index contributed by atoms with van der Waals surface area (Å²) in [5, 5.41) is 12.8. The van der Waals surface area contributed by atoms with Crippen LogP contribution in [0.3, 0.4) is 0 Å². The second-order valence-corrected chi connectivity index (χ2v) is 5.88. The number of nitrogens with one attached hydrogen (secondary N) is 1. The van der Waals surface area contributed by atoms with E-state index in [2.05, 4.69) is 5.32 Å². The number of halogens is 3. The molecule has 0 heterocycles. The highest BCUT2D eigenvalue weighted by Gasteiger charge is 2.13. The summed E-state index contributed by atoms with van der Waals surface area (Å²) in [6.45, 7) is 2.78. The predicted octanol–water partition coefficient (Wildman–Crippen LogP) is 3.96. The Morgan fingerprint density at radius 1 is 1.28 bits per heavy atom. The van der Waals surface area contributed by atoms with Crippen LogP contribution in [0.15, 0.2) is 36.4 Å². The Morgan fingerprint density at radius 3 is 2.64 bits per heavy atom. The lowest BCUT2D eigenvalue weighted by Gasteiger charge is -2.15. The molecule has 0 aliphatic carbocycles. The molecule has 0 aromatic heterocycles. The van der Waals surface area contributed by atoms with Gasteiger partial charge in [0.25, 0.3) is 0 Å². The van der Waals surface area contributed by atoms with Crippen molar-refractivity contribution in [1.29, 1.82) is 0 Å². The van der Waals surface area contributed by atoms with E-state index in [1.807, 2.05) is 0 Å². The highest BCUT2D eigenvalue weighted by atomic mass is 35.5. The van der Waals surface area contributed by atoms with Crippen molar-refractivity contribution in [2.24, 2.45) is 0 Å². The number of ether oxygens (including phenoxy) is 2. The molecular formula is C18H22Cl2FNO3. The first kappa shape index (κ1) is 21.5. The molecule has 1 atom stereocenters. The molecule has 0 radical (unpaired) electrons. The van der Waals surface area contributed by atoms with Gasteiger partial charge in [-0.15, -0.1) is 12.4 Å². The standard InChI is InChI=1S/C18H21ClFNO3.ClH/c1-12(22)9-21-10-13-7-15(19)18(17(8-13)23-2)24-11-14-5-3-4-6-16(14)20;/h3-8,12,21-22H,9-11H2,1-2H3;1H. The van der Waals surface area contributed by atoms with Gasteiger partial charge in [0.2, 0.25) is 0 Å². The lowest BCUT2D eigenvalue weighted by atomic mass is 10.2. The third-order valence-corrected chi connectivity index (χ3v) is 3.67. The maximum atomic E-state index is 13.7. The monoisotopic (exact) mass is 389 g/mol. The molecule has 4 nitrogen and oxygen atoms in total. The summed E-state index contributed by atoms with van der Waals surface area (Å²) in [5.74, 6) is 0.529. The molecule has 0 spiro atoms. The van der Waals surface area contributed by atoms with Gasteiger partial charge >= 0.3 is 0 Å². The molecule has 138 valence electrons. The number of hydrogen-bond donors (Lipinski definition) is 2. The summed E-state index contributed by atoms with van der Waals surface area (Å²) in [7, 11) is 1.52. The van der Waals surface area contributed by atoms with Crippen LogP contribution in [0, 0.1) is 5.82 Å². The number of methoxy groups -OCH3 is 1. The van der Waals surface area contributed by atoms with E-state index in [0.29, 0.717) is 35.2 Å². The van der Waals surface area contributed by atoms with Crippen LogP contribution in [0.4, 0.5) is 4.39 Å². The number of rotatable bonds is 8. The molecule has 0 aliphatic heterocycles. The molecule has 1 unspecified atom stereocenters. The van der Waals surface area contributed by atoms with Gasteiger partial charge in [-0.05, 0) is 30.7 Å². The van der Waals surface area contributed by atoms with Crippen LogP contribution in [0.25, 0.3) is 0 Å². The zero-order valence-electron chi connectivity index (χ0n) is 14.1. The quantitative estimate of drug-likeness (QED) is 0.717. The zero-order chi connectivity index (χ0) is 17.5. The topological polar surface area (TPSA) is 50.7 Å². The molecule has 0 amide bonds. The Kier molecular flexibility index (Phi) is 9.00. The number of hydrogen-bond acceptors (Lipinski definition) is 4. The van der Waals surface area contributed by atoms with Crippen molar-refractivity contribution in [3.63, 3.8) is 0 Å². The second-order valence-electron chi connectivity index (χ2n) is 5.47. The molecule has 2 aromatic carbocycles. The minimum Gasteiger partial charge on any atom is -0.493 e. The smallest absolute Gasteiger partial charge is 0.180 e.